The smallest absolute Gasteiger partial charge is 0.269 e. The lowest BCUT2D eigenvalue weighted by Gasteiger charge is -2.36. The van der Waals surface area contributed by atoms with Gasteiger partial charge in [-0.2, -0.15) is 5.10 Å². The summed E-state index contributed by atoms with van der Waals surface area (Å²) < 4.78 is 2.01. The summed E-state index contributed by atoms with van der Waals surface area (Å²) in [6.45, 7) is 11.9. The summed E-state index contributed by atoms with van der Waals surface area (Å²) in [5, 5.41) is 15.4. The van der Waals surface area contributed by atoms with Crippen molar-refractivity contribution in [2.75, 3.05) is 31.1 Å². The van der Waals surface area contributed by atoms with Crippen LogP contribution in [0.1, 0.15) is 30.8 Å². The number of anilines is 1. The van der Waals surface area contributed by atoms with Crippen LogP contribution in [-0.4, -0.2) is 51.7 Å². The molecule has 29 heavy (non-hydrogen) atoms. The number of nitrogens with zero attached hydrogens (tertiary/aromatic N) is 5. The van der Waals surface area contributed by atoms with E-state index < -0.39 is 4.92 Å². The Bertz CT molecular complexity index is 880. The Morgan fingerprint density at radius 3 is 2.31 bits per heavy atom. The zero-order chi connectivity index (χ0) is 21.1. The summed E-state index contributed by atoms with van der Waals surface area (Å²) in [4.78, 5) is 27.3. The monoisotopic (exact) mass is 399 g/mol. The molecule has 0 radical (unpaired) electrons. The van der Waals surface area contributed by atoms with Gasteiger partial charge >= 0.3 is 0 Å². The van der Waals surface area contributed by atoms with Gasteiger partial charge in [-0.3, -0.25) is 19.6 Å². The van der Waals surface area contributed by atoms with Crippen LogP contribution in [0.5, 0.6) is 0 Å². The Kier molecular flexibility index (Phi) is 6.20. The number of aryl methyl sites for hydroxylation is 1. The van der Waals surface area contributed by atoms with Crippen LogP contribution in [0.2, 0.25) is 0 Å². The molecule has 2 aromatic rings. The highest BCUT2D eigenvalue weighted by Gasteiger charge is 2.24. The van der Waals surface area contributed by atoms with E-state index in [1.165, 1.54) is 12.1 Å². The number of non-ortho nitro benzene ring substituents is 1. The maximum absolute atomic E-state index is 12.9. The highest BCUT2D eigenvalue weighted by Crippen LogP contribution is 2.21. The van der Waals surface area contributed by atoms with Crippen molar-refractivity contribution < 1.29 is 9.72 Å². The average Bonchev–Trinajstić information content (AvgIpc) is 2.95. The Morgan fingerprint density at radius 1 is 1.14 bits per heavy atom. The average molecular weight is 399 g/mol. The minimum atomic E-state index is -0.395. The number of carbonyl (C=O) groups is 1. The predicted molar refractivity (Wildman–Crippen MR) is 112 cm³/mol. The number of piperazine rings is 1. The third-order valence-corrected chi connectivity index (χ3v) is 5.46. The van der Waals surface area contributed by atoms with Crippen LogP contribution in [0.3, 0.4) is 0 Å². The van der Waals surface area contributed by atoms with Crippen molar-refractivity contribution in [3.05, 3.63) is 51.3 Å². The fourth-order valence-electron chi connectivity index (χ4n) is 3.78. The van der Waals surface area contributed by atoms with E-state index in [1.54, 1.807) is 12.1 Å². The van der Waals surface area contributed by atoms with E-state index in [0.29, 0.717) is 38.5 Å². The molecular weight excluding hydrogens is 370 g/mol. The summed E-state index contributed by atoms with van der Waals surface area (Å²) in [5.41, 5.74) is 4.08. The molecule has 1 saturated heterocycles. The van der Waals surface area contributed by atoms with E-state index in [4.69, 9.17) is 0 Å². The minimum Gasteiger partial charge on any atom is -0.368 e. The summed E-state index contributed by atoms with van der Waals surface area (Å²) in [6.07, 6.45) is 0.382. The Hall–Kier alpha value is -2.90. The molecule has 1 aliphatic heterocycles. The van der Waals surface area contributed by atoms with Crippen molar-refractivity contribution in [2.24, 2.45) is 5.92 Å². The van der Waals surface area contributed by atoms with Gasteiger partial charge in [0.15, 0.2) is 0 Å². The van der Waals surface area contributed by atoms with E-state index in [0.717, 1.165) is 29.2 Å². The summed E-state index contributed by atoms with van der Waals surface area (Å²) in [6, 6.07) is 6.58. The minimum absolute atomic E-state index is 0.0892. The fourth-order valence-corrected chi connectivity index (χ4v) is 3.78. The molecule has 0 bridgehead atoms. The third kappa shape index (κ3) is 4.75. The molecule has 1 aliphatic rings. The third-order valence-electron chi connectivity index (χ3n) is 5.46. The van der Waals surface area contributed by atoms with Gasteiger partial charge in [-0.05, 0) is 31.9 Å². The van der Waals surface area contributed by atoms with Crippen molar-refractivity contribution in [3.63, 3.8) is 0 Å². The van der Waals surface area contributed by atoms with E-state index in [9.17, 15) is 14.9 Å². The number of rotatable bonds is 6. The second-order valence-electron chi connectivity index (χ2n) is 8.04. The summed E-state index contributed by atoms with van der Waals surface area (Å²) >= 11 is 0. The first-order chi connectivity index (χ1) is 13.8. The highest BCUT2D eigenvalue weighted by atomic mass is 16.6. The lowest BCUT2D eigenvalue weighted by atomic mass is 10.1. The number of carbonyl (C=O) groups excluding carboxylic acids is 1. The number of nitro groups is 1. The lowest BCUT2D eigenvalue weighted by molar-refractivity contribution is -0.384. The number of aromatic nitrogens is 2. The first-order valence-corrected chi connectivity index (χ1v) is 10.1. The molecule has 0 spiro atoms. The molecular formula is C21H29N5O3. The van der Waals surface area contributed by atoms with Gasteiger partial charge in [0, 0.05) is 61.8 Å². The van der Waals surface area contributed by atoms with Crippen LogP contribution < -0.4 is 4.90 Å². The van der Waals surface area contributed by atoms with Crippen molar-refractivity contribution in [2.45, 2.75) is 40.7 Å². The Morgan fingerprint density at radius 2 is 1.76 bits per heavy atom. The molecule has 8 nitrogen and oxygen atoms in total. The van der Waals surface area contributed by atoms with Gasteiger partial charge in [0.1, 0.15) is 0 Å². The number of hydrogen-bond donors (Lipinski definition) is 0. The molecule has 1 amide bonds. The first kappa shape index (κ1) is 20.8. The van der Waals surface area contributed by atoms with Crippen LogP contribution in [0.4, 0.5) is 11.4 Å². The second kappa shape index (κ2) is 8.63. The second-order valence-corrected chi connectivity index (χ2v) is 8.04. The van der Waals surface area contributed by atoms with E-state index in [-0.39, 0.29) is 11.6 Å². The van der Waals surface area contributed by atoms with Gasteiger partial charge in [-0.15, -0.1) is 0 Å². The van der Waals surface area contributed by atoms with Gasteiger partial charge < -0.3 is 9.80 Å². The molecule has 8 heteroatoms. The van der Waals surface area contributed by atoms with E-state index >= 15 is 0 Å². The van der Waals surface area contributed by atoms with E-state index in [1.807, 2.05) is 23.4 Å². The van der Waals surface area contributed by atoms with Crippen LogP contribution in [0.15, 0.2) is 24.3 Å². The molecule has 156 valence electrons. The first-order valence-electron chi connectivity index (χ1n) is 10.1. The van der Waals surface area contributed by atoms with Crippen molar-refractivity contribution in [1.82, 2.24) is 14.7 Å². The SMILES string of the molecule is Cc1nn(CC(C)C)c(C)c1CC(=O)N1CCN(c2ccc([N+](=O)[O-])cc2)CC1. The largest absolute Gasteiger partial charge is 0.368 e. The maximum atomic E-state index is 12.9. The summed E-state index contributed by atoms with van der Waals surface area (Å²) in [5.74, 6) is 0.632. The normalized spacial score (nSPS) is 14.5. The topological polar surface area (TPSA) is 84.5 Å². The Balaban J connectivity index is 1.59. The van der Waals surface area contributed by atoms with Crippen LogP contribution >= 0.6 is 0 Å². The molecule has 1 aromatic carbocycles. The molecule has 0 atom stereocenters. The molecule has 1 fully saturated rings. The Labute approximate surface area is 171 Å². The van der Waals surface area contributed by atoms with Gasteiger partial charge in [0.05, 0.1) is 17.0 Å². The standard InChI is InChI=1S/C21H29N5O3/c1-15(2)14-25-17(4)20(16(3)22-25)13-21(27)24-11-9-23(10-12-24)18-5-7-19(8-6-18)26(28)29/h5-8,15H,9-14H2,1-4H3. The quantitative estimate of drug-likeness (QED) is 0.551. The lowest BCUT2D eigenvalue weighted by Crippen LogP contribution is -2.49. The molecule has 0 aliphatic carbocycles. The molecule has 3 rings (SSSR count). The van der Waals surface area contributed by atoms with Crippen LogP contribution in [0, 0.1) is 29.9 Å². The highest BCUT2D eigenvalue weighted by molar-refractivity contribution is 5.79. The van der Waals surface area contributed by atoms with Crippen LogP contribution in [0.25, 0.3) is 0 Å². The number of hydrogen-bond acceptors (Lipinski definition) is 5. The molecule has 0 saturated carbocycles. The molecule has 0 unspecified atom stereocenters. The van der Waals surface area contributed by atoms with Gasteiger partial charge in [0.25, 0.3) is 5.69 Å². The van der Waals surface area contributed by atoms with Crippen molar-refractivity contribution >= 4 is 17.3 Å². The summed E-state index contributed by atoms with van der Waals surface area (Å²) in [7, 11) is 0. The maximum Gasteiger partial charge on any atom is 0.269 e. The van der Waals surface area contributed by atoms with Crippen LogP contribution in [-0.2, 0) is 17.8 Å². The number of nitro benzene ring substituents is 1. The fraction of sp³-hybridized carbons (Fsp3) is 0.524. The number of benzene rings is 1. The van der Waals surface area contributed by atoms with Gasteiger partial charge in [-0.1, -0.05) is 13.8 Å². The predicted octanol–water partition coefficient (Wildman–Crippen LogP) is 2.96. The van der Waals surface area contributed by atoms with Gasteiger partial charge in [-0.25, -0.2) is 0 Å². The zero-order valence-corrected chi connectivity index (χ0v) is 17.6. The van der Waals surface area contributed by atoms with Crippen molar-refractivity contribution in [1.29, 1.82) is 0 Å². The van der Waals surface area contributed by atoms with Gasteiger partial charge in [0.2, 0.25) is 5.91 Å². The zero-order valence-electron chi connectivity index (χ0n) is 17.6. The number of amides is 1. The van der Waals surface area contributed by atoms with E-state index in [2.05, 4.69) is 23.8 Å². The molecule has 1 aromatic heterocycles. The molecule has 0 N–H and O–H groups in total. The van der Waals surface area contributed by atoms with Crippen molar-refractivity contribution in [3.8, 4) is 0 Å². The molecule has 2 heterocycles.